The summed E-state index contributed by atoms with van der Waals surface area (Å²) in [6.45, 7) is 0.577. The minimum atomic E-state index is -0.209. The number of rotatable bonds is 4. The molecule has 1 atom stereocenters. The summed E-state index contributed by atoms with van der Waals surface area (Å²) in [6.07, 6.45) is 0. The summed E-state index contributed by atoms with van der Waals surface area (Å²) in [6, 6.07) is 7.60. The van der Waals surface area contributed by atoms with E-state index in [1.165, 1.54) is 0 Å². The fourth-order valence-electron chi connectivity index (χ4n) is 0.912. The number of benzene rings is 1. The van der Waals surface area contributed by atoms with E-state index in [2.05, 4.69) is 21.2 Å². The maximum Gasteiger partial charge on any atom is 0.0599 e. The monoisotopic (exact) mass is 244 g/mol. The van der Waals surface area contributed by atoms with Crippen LogP contribution in [0.15, 0.2) is 28.7 Å². The van der Waals surface area contributed by atoms with Gasteiger partial charge in [0.05, 0.1) is 6.61 Å². The van der Waals surface area contributed by atoms with Crippen LogP contribution in [0.5, 0.6) is 0 Å². The molecule has 3 nitrogen and oxygen atoms in total. The molecule has 0 amide bonds. The first-order valence-corrected chi connectivity index (χ1v) is 4.87. The fraction of sp³-hybridized carbons (Fsp3) is 0.333. The van der Waals surface area contributed by atoms with E-state index in [0.717, 1.165) is 10.2 Å². The molecule has 1 rings (SSSR count). The predicted octanol–water partition coefficient (Wildman–Crippen LogP) is 1.18. The van der Waals surface area contributed by atoms with E-state index in [1.54, 1.807) is 0 Å². The average Bonchev–Trinajstić information content (AvgIpc) is 2.14. The smallest absolute Gasteiger partial charge is 0.0599 e. The molecule has 0 bridgehead atoms. The fourth-order valence-corrected chi connectivity index (χ4v) is 1.31. The normalized spacial score (nSPS) is 12.5. The van der Waals surface area contributed by atoms with E-state index < -0.39 is 0 Å². The summed E-state index contributed by atoms with van der Waals surface area (Å²) in [7, 11) is 0. The molecule has 1 unspecified atom stereocenters. The molecule has 0 aliphatic rings. The van der Waals surface area contributed by atoms with E-state index in [4.69, 9.17) is 10.8 Å². The molecular formula is C9H13BrN2O. The van der Waals surface area contributed by atoms with Crippen molar-refractivity contribution in [3.05, 3.63) is 28.7 Å². The molecule has 0 aliphatic carbocycles. The molecule has 0 radical (unpaired) electrons. The molecule has 72 valence electrons. The van der Waals surface area contributed by atoms with Crippen LogP contribution in [0.3, 0.4) is 0 Å². The number of nitrogens with one attached hydrogen (secondary N) is 1. The Morgan fingerprint density at radius 2 is 2.31 bits per heavy atom. The Hall–Kier alpha value is -0.580. The number of anilines is 1. The Labute approximate surface area is 86.1 Å². The number of hydrogen-bond donors (Lipinski definition) is 3. The highest BCUT2D eigenvalue weighted by Crippen LogP contribution is 2.15. The SMILES string of the molecule is NC(CO)CNc1cccc(Br)c1. The van der Waals surface area contributed by atoms with Crippen LogP contribution in [0.25, 0.3) is 0 Å². The first-order valence-electron chi connectivity index (χ1n) is 4.08. The van der Waals surface area contributed by atoms with Gasteiger partial charge in [-0.3, -0.25) is 0 Å². The standard InChI is InChI=1S/C9H13BrN2O/c10-7-2-1-3-9(4-7)12-5-8(11)6-13/h1-4,8,12-13H,5-6,11H2. The summed E-state index contributed by atoms with van der Waals surface area (Å²) in [5, 5.41) is 11.8. The van der Waals surface area contributed by atoms with Crippen LogP contribution < -0.4 is 11.1 Å². The number of hydrogen-bond acceptors (Lipinski definition) is 3. The molecule has 1 aromatic rings. The lowest BCUT2D eigenvalue weighted by Gasteiger charge is -2.10. The van der Waals surface area contributed by atoms with E-state index in [-0.39, 0.29) is 12.6 Å². The van der Waals surface area contributed by atoms with Gasteiger partial charge in [0.15, 0.2) is 0 Å². The number of nitrogens with two attached hydrogens (primary N) is 1. The average molecular weight is 245 g/mol. The lowest BCUT2D eigenvalue weighted by Crippen LogP contribution is -2.32. The first-order chi connectivity index (χ1) is 6.22. The van der Waals surface area contributed by atoms with Gasteiger partial charge in [0.1, 0.15) is 0 Å². The summed E-state index contributed by atoms with van der Waals surface area (Å²) in [5.41, 5.74) is 6.53. The minimum absolute atomic E-state index is 0.000995. The maximum absolute atomic E-state index is 8.69. The van der Waals surface area contributed by atoms with Crippen molar-refractivity contribution < 1.29 is 5.11 Å². The summed E-state index contributed by atoms with van der Waals surface area (Å²) in [4.78, 5) is 0. The van der Waals surface area contributed by atoms with E-state index in [9.17, 15) is 0 Å². The summed E-state index contributed by atoms with van der Waals surface area (Å²) >= 11 is 3.37. The molecule has 1 aromatic carbocycles. The third-order valence-corrected chi connectivity index (χ3v) is 2.12. The van der Waals surface area contributed by atoms with E-state index >= 15 is 0 Å². The van der Waals surface area contributed by atoms with Crippen LogP contribution in [0.2, 0.25) is 0 Å². The van der Waals surface area contributed by atoms with Gasteiger partial charge in [-0.25, -0.2) is 0 Å². The lowest BCUT2D eigenvalue weighted by atomic mass is 10.3. The van der Waals surface area contributed by atoms with Gasteiger partial charge in [0, 0.05) is 22.7 Å². The van der Waals surface area contributed by atoms with Gasteiger partial charge >= 0.3 is 0 Å². The maximum atomic E-state index is 8.69. The van der Waals surface area contributed by atoms with Crippen molar-refractivity contribution in [2.24, 2.45) is 5.73 Å². The Kier molecular flexibility index (Phi) is 4.21. The number of aliphatic hydroxyl groups is 1. The Bertz CT molecular complexity index is 268. The molecule has 0 fully saturated rings. The minimum Gasteiger partial charge on any atom is -0.395 e. The largest absolute Gasteiger partial charge is 0.395 e. The Balaban J connectivity index is 2.45. The molecule has 13 heavy (non-hydrogen) atoms. The second kappa shape index (κ2) is 5.21. The Morgan fingerprint density at radius 3 is 2.92 bits per heavy atom. The van der Waals surface area contributed by atoms with E-state index in [1.807, 2.05) is 24.3 Å². The second-order valence-corrected chi connectivity index (χ2v) is 3.75. The summed E-state index contributed by atoms with van der Waals surface area (Å²) in [5.74, 6) is 0. The van der Waals surface area contributed by atoms with Crippen LogP contribution in [0, 0.1) is 0 Å². The molecule has 0 aromatic heterocycles. The molecular weight excluding hydrogens is 232 g/mol. The molecule has 0 heterocycles. The second-order valence-electron chi connectivity index (χ2n) is 2.83. The van der Waals surface area contributed by atoms with Gasteiger partial charge < -0.3 is 16.2 Å². The topological polar surface area (TPSA) is 58.3 Å². The highest BCUT2D eigenvalue weighted by molar-refractivity contribution is 9.10. The van der Waals surface area contributed by atoms with Crippen LogP contribution >= 0.6 is 15.9 Å². The molecule has 0 saturated heterocycles. The number of aliphatic hydroxyl groups excluding tert-OH is 1. The quantitative estimate of drug-likeness (QED) is 0.746. The molecule has 4 heteroatoms. The third kappa shape index (κ3) is 3.76. The van der Waals surface area contributed by atoms with Crippen LogP contribution in [-0.2, 0) is 0 Å². The zero-order valence-electron chi connectivity index (χ0n) is 7.20. The Morgan fingerprint density at radius 1 is 1.54 bits per heavy atom. The molecule has 4 N–H and O–H groups in total. The van der Waals surface area contributed by atoms with Crippen molar-refractivity contribution in [1.29, 1.82) is 0 Å². The molecule has 0 spiro atoms. The molecule has 0 aliphatic heterocycles. The zero-order valence-corrected chi connectivity index (χ0v) is 8.79. The van der Waals surface area contributed by atoms with Gasteiger partial charge in [0.25, 0.3) is 0 Å². The first kappa shape index (κ1) is 10.5. The lowest BCUT2D eigenvalue weighted by molar-refractivity contribution is 0.270. The van der Waals surface area contributed by atoms with Gasteiger partial charge in [-0.05, 0) is 18.2 Å². The van der Waals surface area contributed by atoms with Crippen molar-refractivity contribution in [3.8, 4) is 0 Å². The zero-order chi connectivity index (χ0) is 9.68. The van der Waals surface area contributed by atoms with Crippen LogP contribution in [-0.4, -0.2) is 24.3 Å². The van der Waals surface area contributed by atoms with Crippen molar-refractivity contribution in [2.45, 2.75) is 6.04 Å². The highest BCUT2D eigenvalue weighted by atomic mass is 79.9. The van der Waals surface area contributed by atoms with E-state index in [0.29, 0.717) is 6.54 Å². The highest BCUT2D eigenvalue weighted by Gasteiger charge is 1.99. The van der Waals surface area contributed by atoms with Gasteiger partial charge in [-0.1, -0.05) is 22.0 Å². The number of halogens is 1. The van der Waals surface area contributed by atoms with Gasteiger partial charge in [-0.15, -0.1) is 0 Å². The summed E-state index contributed by atoms with van der Waals surface area (Å²) < 4.78 is 1.02. The van der Waals surface area contributed by atoms with Crippen LogP contribution in [0.4, 0.5) is 5.69 Å². The van der Waals surface area contributed by atoms with Crippen molar-refractivity contribution in [1.82, 2.24) is 0 Å². The van der Waals surface area contributed by atoms with Crippen LogP contribution in [0.1, 0.15) is 0 Å². The van der Waals surface area contributed by atoms with Gasteiger partial charge in [-0.2, -0.15) is 0 Å². The molecule has 0 saturated carbocycles. The van der Waals surface area contributed by atoms with Crippen molar-refractivity contribution in [2.75, 3.05) is 18.5 Å². The van der Waals surface area contributed by atoms with Crippen molar-refractivity contribution >= 4 is 21.6 Å². The third-order valence-electron chi connectivity index (χ3n) is 1.63. The van der Waals surface area contributed by atoms with Gasteiger partial charge in [0.2, 0.25) is 0 Å². The predicted molar refractivity (Wildman–Crippen MR) is 57.7 cm³/mol. The van der Waals surface area contributed by atoms with Crippen molar-refractivity contribution in [3.63, 3.8) is 0 Å².